The number of aliphatic hydroxyl groups is 1. The van der Waals surface area contributed by atoms with Gasteiger partial charge >= 0.3 is 5.97 Å². The number of phenolic OH excluding ortho intramolecular Hbond substituents is 1. The van der Waals surface area contributed by atoms with E-state index in [1.807, 2.05) is 0 Å². The average Bonchev–Trinajstić information content (AvgIpc) is 2.55. The van der Waals surface area contributed by atoms with Crippen LogP contribution in [0.5, 0.6) is 11.5 Å². The molecule has 2 N–H and O–H groups in total. The fourth-order valence-corrected chi connectivity index (χ4v) is 3.15. The highest BCUT2D eigenvalue weighted by Crippen LogP contribution is 2.49. The number of aliphatic hydroxyl groups excluding tert-OH is 1. The molecule has 2 unspecified atom stereocenters. The SMILES string of the molecule is COC(=O)C12Oc3cccc(O)c3C(OC)=C1C(=O)CCC2O. The summed E-state index contributed by atoms with van der Waals surface area (Å²) in [5.41, 5.74) is -1.94. The van der Waals surface area contributed by atoms with Crippen molar-refractivity contribution in [3.8, 4) is 11.5 Å². The Kier molecular flexibility index (Phi) is 3.52. The molecule has 1 aliphatic heterocycles. The number of carbonyl (C=O) groups excluding carboxylic acids is 2. The second-order valence-corrected chi connectivity index (χ2v) is 5.37. The second kappa shape index (κ2) is 5.27. The van der Waals surface area contributed by atoms with Crippen molar-refractivity contribution in [2.45, 2.75) is 24.5 Å². The predicted octanol–water partition coefficient (Wildman–Crippen LogP) is 0.778. The van der Waals surface area contributed by atoms with Crippen LogP contribution in [0, 0.1) is 0 Å². The van der Waals surface area contributed by atoms with Gasteiger partial charge in [-0.15, -0.1) is 0 Å². The lowest BCUT2D eigenvalue weighted by molar-refractivity contribution is -0.169. The lowest BCUT2D eigenvalue weighted by Gasteiger charge is -2.43. The van der Waals surface area contributed by atoms with E-state index < -0.39 is 23.5 Å². The van der Waals surface area contributed by atoms with E-state index in [4.69, 9.17) is 14.2 Å². The molecule has 7 nitrogen and oxygen atoms in total. The number of carbonyl (C=O) groups is 2. The minimum Gasteiger partial charge on any atom is -0.507 e. The van der Waals surface area contributed by atoms with Gasteiger partial charge in [-0.2, -0.15) is 0 Å². The van der Waals surface area contributed by atoms with E-state index in [1.165, 1.54) is 25.3 Å². The minimum absolute atomic E-state index is 0.0125. The normalized spacial score (nSPS) is 26.0. The molecule has 0 radical (unpaired) electrons. The highest BCUT2D eigenvalue weighted by molar-refractivity contribution is 6.12. The molecule has 1 aromatic carbocycles. The average molecular weight is 320 g/mol. The van der Waals surface area contributed by atoms with E-state index in [9.17, 15) is 19.8 Å². The van der Waals surface area contributed by atoms with Crippen LogP contribution >= 0.6 is 0 Å². The molecule has 0 saturated heterocycles. The number of ketones is 1. The van der Waals surface area contributed by atoms with Crippen LogP contribution in [-0.2, 0) is 19.1 Å². The second-order valence-electron chi connectivity index (χ2n) is 5.37. The lowest BCUT2D eigenvalue weighted by Crippen LogP contribution is -2.61. The number of fused-ring (bicyclic) bond motifs is 2. The van der Waals surface area contributed by atoms with E-state index in [1.54, 1.807) is 0 Å². The number of aromatic hydroxyl groups is 1. The van der Waals surface area contributed by atoms with Gasteiger partial charge in [-0.3, -0.25) is 4.79 Å². The number of rotatable bonds is 2. The fraction of sp³-hybridized carbons (Fsp3) is 0.375. The molecule has 7 heteroatoms. The molecule has 1 saturated carbocycles. The number of benzene rings is 1. The molecule has 3 rings (SSSR count). The van der Waals surface area contributed by atoms with Crippen molar-refractivity contribution < 1.29 is 34.0 Å². The van der Waals surface area contributed by atoms with Crippen LogP contribution < -0.4 is 4.74 Å². The Morgan fingerprint density at radius 1 is 1.39 bits per heavy atom. The van der Waals surface area contributed by atoms with Gasteiger partial charge in [-0.25, -0.2) is 4.79 Å². The summed E-state index contributed by atoms with van der Waals surface area (Å²) in [6, 6.07) is 4.45. The molecule has 23 heavy (non-hydrogen) atoms. The molecule has 0 aromatic heterocycles. The molecule has 1 heterocycles. The van der Waals surface area contributed by atoms with Crippen molar-refractivity contribution in [2.24, 2.45) is 0 Å². The number of methoxy groups -OCH3 is 2. The maximum absolute atomic E-state index is 12.5. The fourth-order valence-electron chi connectivity index (χ4n) is 3.15. The van der Waals surface area contributed by atoms with Crippen LogP contribution in [-0.4, -0.2) is 47.9 Å². The Balaban J connectivity index is 2.38. The summed E-state index contributed by atoms with van der Waals surface area (Å²) < 4.78 is 15.8. The number of phenols is 1. The van der Waals surface area contributed by atoms with Crippen molar-refractivity contribution in [3.05, 3.63) is 29.3 Å². The number of ether oxygens (including phenoxy) is 3. The number of esters is 1. The first-order valence-corrected chi connectivity index (χ1v) is 7.07. The van der Waals surface area contributed by atoms with Gasteiger partial charge < -0.3 is 24.4 Å². The molecule has 1 aromatic rings. The monoisotopic (exact) mass is 320 g/mol. The molecule has 0 amide bonds. The third-order valence-electron chi connectivity index (χ3n) is 4.19. The van der Waals surface area contributed by atoms with Crippen molar-refractivity contribution in [1.29, 1.82) is 0 Å². The van der Waals surface area contributed by atoms with Crippen LogP contribution in [0.4, 0.5) is 0 Å². The first-order valence-electron chi connectivity index (χ1n) is 7.07. The van der Waals surface area contributed by atoms with Gasteiger partial charge in [0.1, 0.15) is 28.9 Å². The topological polar surface area (TPSA) is 102 Å². The molecule has 122 valence electrons. The smallest absolute Gasteiger partial charge is 0.358 e. The zero-order chi connectivity index (χ0) is 16.8. The van der Waals surface area contributed by atoms with Crippen molar-refractivity contribution in [2.75, 3.05) is 14.2 Å². The van der Waals surface area contributed by atoms with Crippen LogP contribution in [0.2, 0.25) is 0 Å². The zero-order valence-electron chi connectivity index (χ0n) is 12.7. The minimum atomic E-state index is -1.99. The summed E-state index contributed by atoms with van der Waals surface area (Å²) in [5.74, 6) is -1.30. The van der Waals surface area contributed by atoms with Gasteiger partial charge in [0.05, 0.1) is 19.8 Å². The zero-order valence-corrected chi connectivity index (χ0v) is 12.7. The molecular weight excluding hydrogens is 304 g/mol. The summed E-state index contributed by atoms with van der Waals surface area (Å²) in [6.07, 6.45) is -1.18. The van der Waals surface area contributed by atoms with Crippen molar-refractivity contribution in [3.63, 3.8) is 0 Å². The molecule has 2 aliphatic rings. The van der Waals surface area contributed by atoms with Gasteiger partial charge in [0.2, 0.25) is 0 Å². The summed E-state index contributed by atoms with van der Waals surface area (Å²) in [5, 5.41) is 20.5. The lowest BCUT2D eigenvalue weighted by atomic mass is 9.74. The number of hydrogen-bond acceptors (Lipinski definition) is 7. The van der Waals surface area contributed by atoms with Crippen molar-refractivity contribution in [1.82, 2.24) is 0 Å². The third-order valence-corrected chi connectivity index (χ3v) is 4.19. The largest absolute Gasteiger partial charge is 0.507 e. The van der Waals surface area contributed by atoms with E-state index in [0.29, 0.717) is 0 Å². The van der Waals surface area contributed by atoms with Gasteiger partial charge in [0.15, 0.2) is 5.78 Å². The van der Waals surface area contributed by atoms with Crippen LogP contribution in [0.15, 0.2) is 23.8 Å². The summed E-state index contributed by atoms with van der Waals surface area (Å²) >= 11 is 0. The van der Waals surface area contributed by atoms with Crippen molar-refractivity contribution >= 4 is 17.5 Å². The van der Waals surface area contributed by atoms with Crippen LogP contribution in [0.25, 0.3) is 5.76 Å². The Bertz CT molecular complexity index is 721. The Morgan fingerprint density at radius 3 is 2.78 bits per heavy atom. The van der Waals surface area contributed by atoms with Gasteiger partial charge in [0.25, 0.3) is 5.60 Å². The van der Waals surface area contributed by atoms with E-state index in [-0.39, 0.29) is 41.2 Å². The standard InChI is InChI=1S/C16H16O7/c1-21-14-12-8(17)4-3-5-10(12)23-16(15(20)22-2)11(19)7-6-9(18)13(14)16/h3-5,11,17,19H,6-7H2,1-2H3. The molecular formula is C16H16O7. The first-order chi connectivity index (χ1) is 11.0. The number of Topliss-reactive ketones (excluding diaryl/α,β-unsaturated/α-hetero) is 1. The third kappa shape index (κ3) is 1.93. The molecule has 0 bridgehead atoms. The van der Waals surface area contributed by atoms with Crippen LogP contribution in [0.3, 0.4) is 0 Å². The van der Waals surface area contributed by atoms with Gasteiger partial charge in [0, 0.05) is 6.42 Å². The summed E-state index contributed by atoms with van der Waals surface area (Å²) in [7, 11) is 2.47. The Morgan fingerprint density at radius 2 is 2.13 bits per heavy atom. The van der Waals surface area contributed by atoms with Gasteiger partial charge in [-0.1, -0.05) is 6.07 Å². The van der Waals surface area contributed by atoms with E-state index in [0.717, 1.165) is 7.11 Å². The summed E-state index contributed by atoms with van der Waals surface area (Å²) in [4.78, 5) is 24.9. The highest BCUT2D eigenvalue weighted by atomic mass is 16.6. The number of hydrogen-bond donors (Lipinski definition) is 2. The Hall–Kier alpha value is -2.54. The summed E-state index contributed by atoms with van der Waals surface area (Å²) in [6.45, 7) is 0. The maximum Gasteiger partial charge on any atom is 0.358 e. The molecule has 0 spiro atoms. The molecule has 1 aliphatic carbocycles. The maximum atomic E-state index is 12.5. The van der Waals surface area contributed by atoms with Gasteiger partial charge in [-0.05, 0) is 18.6 Å². The van der Waals surface area contributed by atoms with E-state index >= 15 is 0 Å². The quantitative estimate of drug-likeness (QED) is 0.776. The van der Waals surface area contributed by atoms with E-state index in [2.05, 4.69) is 0 Å². The molecule has 2 atom stereocenters. The highest BCUT2D eigenvalue weighted by Gasteiger charge is 2.61. The molecule has 1 fully saturated rings. The Labute approximate surface area is 132 Å². The predicted molar refractivity (Wildman–Crippen MR) is 77.7 cm³/mol. The van der Waals surface area contributed by atoms with Crippen LogP contribution in [0.1, 0.15) is 18.4 Å². The first kappa shape index (κ1) is 15.4.